The van der Waals surface area contributed by atoms with Crippen molar-refractivity contribution in [2.75, 3.05) is 31.1 Å². The summed E-state index contributed by atoms with van der Waals surface area (Å²) < 4.78 is 0. The molecule has 2 fully saturated rings. The molecular weight excluding hydrogens is 278 g/mol. The van der Waals surface area contributed by atoms with E-state index in [2.05, 4.69) is 25.7 Å². The minimum atomic E-state index is -0.128. The maximum atomic E-state index is 12.1. The molecule has 0 aromatic carbocycles. The molecule has 0 saturated carbocycles. The van der Waals surface area contributed by atoms with Crippen molar-refractivity contribution in [1.29, 1.82) is 0 Å². The average Bonchev–Trinajstić information content (AvgIpc) is 3.10. The van der Waals surface area contributed by atoms with Crippen LogP contribution in [0.1, 0.15) is 49.0 Å². The second kappa shape index (κ2) is 7.54. The molecule has 6 nitrogen and oxygen atoms in total. The summed E-state index contributed by atoms with van der Waals surface area (Å²) in [6.45, 7) is 3.86. The minimum Gasteiger partial charge on any atom is -0.355 e. The van der Waals surface area contributed by atoms with Crippen LogP contribution in [0.3, 0.4) is 0 Å². The number of rotatable bonds is 5. The van der Waals surface area contributed by atoms with Gasteiger partial charge in [-0.25, -0.2) is 0 Å². The molecule has 0 bridgehead atoms. The van der Waals surface area contributed by atoms with Crippen molar-refractivity contribution < 1.29 is 4.79 Å². The Hall–Kier alpha value is -1.69. The van der Waals surface area contributed by atoms with Crippen LogP contribution in [0.4, 0.5) is 5.82 Å². The van der Waals surface area contributed by atoms with Crippen molar-refractivity contribution in [1.82, 2.24) is 20.8 Å². The summed E-state index contributed by atoms with van der Waals surface area (Å²) in [5, 5.41) is 14.7. The topological polar surface area (TPSA) is 70.2 Å². The Morgan fingerprint density at radius 1 is 1.23 bits per heavy atom. The van der Waals surface area contributed by atoms with Gasteiger partial charge in [0, 0.05) is 25.7 Å². The minimum absolute atomic E-state index is 0.128. The third-order valence-electron chi connectivity index (χ3n) is 4.50. The van der Waals surface area contributed by atoms with Gasteiger partial charge in [0.05, 0.1) is 0 Å². The predicted molar refractivity (Wildman–Crippen MR) is 86.1 cm³/mol. The van der Waals surface area contributed by atoms with E-state index in [1.54, 1.807) is 6.07 Å². The molecular formula is C16H25N5O. The van der Waals surface area contributed by atoms with Crippen LogP contribution in [0.5, 0.6) is 0 Å². The highest BCUT2D eigenvalue weighted by molar-refractivity contribution is 5.92. The molecule has 1 unspecified atom stereocenters. The van der Waals surface area contributed by atoms with E-state index < -0.39 is 0 Å². The van der Waals surface area contributed by atoms with Crippen LogP contribution in [-0.2, 0) is 0 Å². The number of anilines is 1. The third-order valence-corrected chi connectivity index (χ3v) is 4.50. The summed E-state index contributed by atoms with van der Waals surface area (Å²) in [7, 11) is 0. The summed E-state index contributed by atoms with van der Waals surface area (Å²) in [5.74, 6) is 0.747. The number of piperidine rings is 1. The van der Waals surface area contributed by atoms with Gasteiger partial charge in [0.2, 0.25) is 0 Å². The molecule has 1 aromatic rings. The largest absolute Gasteiger partial charge is 0.355 e. The van der Waals surface area contributed by atoms with E-state index in [1.807, 2.05) is 6.07 Å². The van der Waals surface area contributed by atoms with E-state index in [0.29, 0.717) is 18.3 Å². The maximum absolute atomic E-state index is 12.1. The lowest BCUT2D eigenvalue weighted by Gasteiger charge is -2.23. The van der Waals surface area contributed by atoms with Gasteiger partial charge in [-0.1, -0.05) is 6.42 Å². The number of carbonyl (C=O) groups is 1. The lowest BCUT2D eigenvalue weighted by atomic mass is 10.0. The van der Waals surface area contributed by atoms with Gasteiger partial charge < -0.3 is 15.5 Å². The van der Waals surface area contributed by atoms with Crippen molar-refractivity contribution in [3.8, 4) is 0 Å². The van der Waals surface area contributed by atoms with Crippen molar-refractivity contribution >= 4 is 11.7 Å². The smallest absolute Gasteiger partial charge is 0.271 e. The molecule has 0 spiro atoms. The van der Waals surface area contributed by atoms with Crippen molar-refractivity contribution in [2.45, 2.75) is 44.6 Å². The Morgan fingerprint density at radius 3 is 2.77 bits per heavy atom. The van der Waals surface area contributed by atoms with Crippen LogP contribution in [0.25, 0.3) is 0 Å². The Morgan fingerprint density at radius 2 is 2.09 bits per heavy atom. The van der Waals surface area contributed by atoms with Crippen molar-refractivity contribution in [2.24, 2.45) is 0 Å². The molecule has 6 heteroatoms. The van der Waals surface area contributed by atoms with Crippen LogP contribution in [0.2, 0.25) is 0 Å². The fourth-order valence-electron chi connectivity index (χ4n) is 3.18. The SMILES string of the molecule is O=C(NCCC1CCCCN1)c1ccc(N2CCCC2)nn1. The van der Waals surface area contributed by atoms with E-state index >= 15 is 0 Å². The molecule has 2 N–H and O–H groups in total. The lowest BCUT2D eigenvalue weighted by Crippen LogP contribution is -2.37. The summed E-state index contributed by atoms with van der Waals surface area (Å²) in [4.78, 5) is 14.3. The van der Waals surface area contributed by atoms with Crippen molar-refractivity contribution in [3.63, 3.8) is 0 Å². The molecule has 22 heavy (non-hydrogen) atoms. The van der Waals surface area contributed by atoms with Gasteiger partial charge >= 0.3 is 0 Å². The first kappa shape index (κ1) is 15.2. The molecule has 3 rings (SSSR count). The second-order valence-corrected chi connectivity index (χ2v) is 6.16. The molecule has 3 heterocycles. The van der Waals surface area contributed by atoms with Crippen LogP contribution in [0, 0.1) is 0 Å². The third kappa shape index (κ3) is 3.94. The molecule has 2 aliphatic heterocycles. The number of carbonyl (C=O) groups excluding carboxylic acids is 1. The lowest BCUT2D eigenvalue weighted by molar-refractivity contribution is 0.0945. The fourth-order valence-corrected chi connectivity index (χ4v) is 3.18. The first-order chi connectivity index (χ1) is 10.8. The highest BCUT2D eigenvalue weighted by Gasteiger charge is 2.16. The first-order valence-electron chi connectivity index (χ1n) is 8.43. The normalized spacial score (nSPS) is 21.8. The highest BCUT2D eigenvalue weighted by atomic mass is 16.1. The summed E-state index contributed by atoms with van der Waals surface area (Å²) >= 11 is 0. The molecule has 1 amide bonds. The molecule has 0 aliphatic carbocycles. The molecule has 1 atom stereocenters. The summed E-state index contributed by atoms with van der Waals surface area (Å²) in [6, 6.07) is 4.21. The zero-order valence-corrected chi connectivity index (χ0v) is 13.1. The standard InChI is InChI=1S/C16H25N5O/c22-16(18-10-8-13-5-1-2-9-17-13)14-6-7-15(20-19-14)21-11-3-4-12-21/h6-7,13,17H,1-5,8-12H2,(H,18,22). The van der Waals surface area contributed by atoms with Gasteiger partial charge in [-0.05, 0) is 50.8 Å². The Balaban J connectivity index is 1.45. The van der Waals surface area contributed by atoms with Crippen LogP contribution >= 0.6 is 0 Å². The van der Waals surface area contributed by atoms with Crippen LogP contribution in [0.15, 0.2) is 12.1 Å². The second-order valence-electron chi connectivity index (χ2n) is 6.16. The number of nitrogens with zero attached hydrogens (tertiary/aromatic N) is 3. The fraction of sp³-hybridized carbons (Fsp3) is 0.688. The van der Waals surface area contributed by atoms with Gasteiger partial charge in [-0.15, -0.1) is 10.2 Å². The van der Waals surface area contributed by atoms with Gasteiger partial charge in [0.15, 0.2) is 11.5 Å². The van der Waals surface area contributed by atoms with Gasteiger partial charge in [0.1, 0.15) is 0 Å². The number of aromatic nitrogens is 2. The van der Waals surface area contributed by atoms with E-state index in [9.17, 15) is 4.79 Å². The monoisotopic (exact) mass is 303 g/mol. The molecule has 0 radical (unpaired) electrons. The summed E-state index contributed by atoms with van der Waals surface area (Å²) in [5.41, 5.74) is 0.402. The maximum Gasteiger partial charge on any atom is 0.271 e. The van der Waals surface area contributed by atoms with E-state index in [0.717, 1.165) is 31.9 Å². The number of hydrogen-bond donors (Lipinski definition) is 2. The molecule has 120 valence electrons. The van der Waals surface area contributed by atoms with Crippen molar-refractivity contribution in [3.05, 3.63) is 17.8 Å². The predicted octanol–water partition coefficient (Wildman–Crippen LogP) is 1.34. The number of nitrogens with one attached hydrogen (secondary N) is 2. The summed E-state index contributed by atoms with van der Waals surface area (Å²) in [6.07, 6.45) is 7.15. The van der Waals surface area contributed by atoms with E-state index in [-0.39, 0.29) is 5.91 Å². The quantitative estimate of drug-likeness (QED) is 0.859. The first-order valence-corrected chi connectivity index (χ1v) is 8.43. The van der Waals surface area contributed by atoms with E-state index in [1.165, 1.54) is 32.1 Å². The van der Waals surface area contributed by atoms with E-state index in [4.69, 9.17) is 0 Å². The van der Waals surface area contributed by atoms with Gasteiger partial charge in [-0.3, -0.25) is 4.79 Å². The Kier molecular flexibility index (Phi) is 5.21. The Labute approximate surface area is 131 Å². The van der Waals surface area contributed by atoms with Crippen LogP contribution < -0.4 is 15.5 Å². The highest BCUT2D eigenvalue weighted by Crippen LogP contribution is 2.16. The molecule has 1 aromatic heterocycles. The number of hydrogen-bond acceptors (Lipinski definition) is 5. The zero-order chi connectivity index (χ0) is 15.2. The average molecular weight is 303 g/mol. The van der Waals surface area contributed by atoms with Crippen LogP contribution in [-0.4, -0.2) is 48.3 Å². The molecule has 2 saturated heterocycles. The van der Waals surface area contributed by atoms with Gasteiger partial charge in [-0.2, -0.15) is 0 Å². The van der Waals surface area contributed by atoms with Gasteiger partial charge in [0.25, 0.3) is 5.91 Å². The Bertz CT molecular complexity index is 478. The molecule has 2 aliphatic rings. The zero-order valence-electron chi connectivity index (χ0n) is 13.1. The number of amides is 1.